The van der Waals surface area contributed by atoms with Crippen molar-refractivity contribution in [3.8, 4) is 0 Å². The van der Waals surface area contributed by atoms with Crippen LogP contribution in [0.15, 0.2) is 42.1 Å². The van der Waals surface area contributed by atoms with Gasteiger partial charge in [-0.3, -0.25) is 9.59 Å². The molecule has 0 aliphatic carbocycles. The van der Waals surface area contributed by atoms with E-state index in [1.165, 1.54) is 6.08 Å². The molecule has 1 atom stereocenters. The monoisotopic (exact) mass is 258 g/mol. The lowest BCUT2D eigenvalue weighted by Crippen LogP contribution is -2.49. The van der Waals surface area contributed by atoms with E-state index >= 15 is 0 Å². The Kier molecular flexibility index (Phi) is 4.34. The summed E-state index contributed by atoms with van der Waals surface area (Å²) in [6.07, 6.45) is 2.52. The van der Waals surface area contributed by atoms with Crippen LogP contribution in [0.5, 0.6) is 0 Å². The Hall–Kier alpha value is -2.10. The molecule has 1 saturated heterocycles. The third-order valence-electron chi connectivity index (χ3n) is 3.03. The largest absolute Gasteiger partial charge is 0.378 e. The fraction of sp³-hybridized carbons (Fsp3) is 0.333. The maximum absolute atomic E-state index is 11.8. The van der Waals surface area contributed by atoms with Gasteiger partial charge in [0.05, 0.1) is 0 Å². The molecule has 0 spiro atoms. The van der Waals surface area contributed by atoms with E-state index in [0.717, 1.165) is 5.56 Å². The first-order valence-corrected chi connectivity index (χ1v) is 6.48. The lowest BCUT2D eigenvalue weighted by Gasteiger charge is -2.23. The highest BCUT2D eigenvalue weighted by atomic mass is 16.2. The maximum atomic E-state index is 11.8. The molecule has 0 aromatic heterocycles. The third-order valence-corrected chi connectivity index (χ3v) is 3.03. The molecular weight excluding hydrogens is 240 g/mol. The summed E-state index contributed by atoms with van der Waals surface area (Å²) in [7, 11) is 0. The number of amides is 1. The number of rotatable bonds is 4. The minimum absolute atomic E-state index is 0.0314. The molecule has 1 aliphatic rings. The summed E-state index contributed by atoms with van der Waals surface area (Å²) in [4.78, 5) is 23.4. The number of aryl methyl sites for hydroxylation is 1. The average Bonchev–Trinajstić information content (AvgIpc) is 2.41. The van der Waals surface area contributed by atoms with Crippen LogP contribution in [0.4, 0.5) is 0 Å². The van der Waals surface area contributed by atoms with Crippen LogP contribution in [0.3, 0.4) is 0 Å². The number of benzene rings is 1. The van der Waals surface area contributed by atoms with Gasteiger partial charge in [-0.1, -0.05) is 30.3 Å². The molecule has 1 heterocycles. The summed E-state index contributed by atoms with van der Waals surface area (Å²) >= 11 is 0. The number of carbonyl (C=O) groups is 2. The first-order chi connectivity index (χ1) is 9.15. The average molecular weight is 258 g/mol. The molecule has 0 bridgehead atoms. The van der Waals surface area contributed by atoms with Gasteiger partial charge >= 0.3 is 0 Å². The van der Waals surface area contributed by atoms with E-state index in [-0.39, 0.29) is 17.7 Å². The van der Waals surface area contributed by atoms with Crippen molar-refractivity contribution in [1.82, 2.24) is 10.6 Å². The standard InChI is InChI=1S/C15H18N2O2/c1-11-10-16-14(15(19)17-11)9-13(18)8-7-12-5-3-2-4-6-12/h2-6,9,11,16H,7-8,10H2,1H3,(H,17,19)/b14-9+/t11-/m1/s1. The minimum atomic E-state index is -0.202. The van der Waals surface area contributed by atoms with Crippen LogP contribution in [-0.2, 0) is 16.0 Å². The van der Waals surface area contributed by atoms with Crippen LogP contribution >= 0.6 is 0 Å². The molecule has 1 fully saturated rings. The number of allylic oxidation sites excluding steroid dienone is 1. The van der Waals surface area contributed by atoms with E-state index < -0.39 is 0 Å². The van der Waals surface area contributed by atoms with Gasteiger partial charge in [0.2, 0.25) is 0 Å². The van der Waals surface area contributed by atoms with Crippen molar-refractivity contribution in [2.24, 2.45) is 0 Å². The number of hydrogen-bond acceptors (Lipinski definition) is 3. The van der Waals surface area contributed by atoms with Crippen molar-refractivity contribution in [2.75, 3.05) is 6.54 Å². The van der Waals surface area contributed by atoms with Crippen LogP contribution in [0.1, 0.15) is 18.9 Å². The van der Waals surface area contributed by atoms with Gasteiger partial charge in [0, 0.05) is 25.1 Å². The van der Waals surface area contributed by atoms with Gasteiger partial charge in [-0.25, -0.2) is 0 Å². The Morgan fingerprint density at radius 3 is 2.79 bits per heavy atom. The predicted octanol–water partition coefficient (Wildman–Crippen LogP) is 1.18. The van der Waals surface area contributed by atoms with E-state index in [2.05, 4.69) is 10.6 Å². The lowest BCUT2D eigenvalue weighted by molar-refractivity contribution is -0.120. The summed E-state index contributed by atoms with van der Waals surface area (Å²) in [5, 5.41) is 5.76. The molecule has 2 rings (SSSR count). The minimum Gasteiger partial charge on any atom is -0.378 e. The molecule has 4 heteroatoms. The highest BCUT2D eigenvalue weighted by molar-refractivity contribution is 6.01. The molecule has 4 nitrogen and oxygen atoms in total. The SMILES string of the molecule is C[C@@H]1CN/C(=C/C(=O)CCc2ccccc2)C(=O)N1. The highest BCUT2D eigenvalue weighted by Crippen LogP contribution is 2.05. The van der Waals surface area contributed by atoms with Crippen molar-refractivity contribution in [3.63, 3.8) is 0 Å². The van der Waals surface area contributed by atoms with E-state index in [1.807, 2.05) is 37.3 Å². The van der Waals surface area contributed by atoms with E-state index in [0.29, 0.717) is 25.1 Å². The molecule has 0 saturated carbocycles. The summed E-state index contributed by atoms with van der Waals surface area (Å²) in [6.45, 7) is 2.57. The van der Waals surface area contributed by atoms with Gasteiger partial charge in [-0.05, 0) is 18.9 Å². The topological polar surface area (TPSA) is 58.2 Å². The van der Waals surface area contributed by atoms with Crippen LogP contribution in [-0.4, -0.2) is 24.3 Å². The van der Waals surface area contributed by atoms with Crippen LogP contribution < -0.4 is 10.6 Å². The van der Waals surface area contributed by atoms with Crippen LogP contribution in [0.25, 0.3) is 0 Å². The van der Waals surface area contributed by atoms with Crippen molar-refractivity contribution < 1.29 is 9.59 Å². The summed E-state index contributed by atoms with van der Waals surface area (Å²) in [6, 6.07) is 9.95. The Morgan fingerprint density at radius 1 is 1.37 bits per heavy atom. The quantitative estimate of drug-likeness (QED) is 0.797. The number of hydrogen-bond donors (Lipinski definition) is 2. The molecule has 19 heavy (non-hydrogen) atoms. The second-order valence-electron chi connectivity index (χ2n) is 4.77. The smallest absolute Gasteiger partial charge is 0.267 e. The Labute approximate surface area is 112 Å². The van der Waals surface area contributed by atoms with Gasteiger partial charge in [0.15, 0.2) is 5.78 Å². The maximum Gasteiger partial charge on any atom is 0.267 e. The first-order valence-electron chi connectivity index (χ1n) is 6.48. The molecule has 100 valence electrons. The Morgan fingerprint density at radius 2 is 2.11 bits per heavy atom. The van der Waals surface area contributed by atoms with E-state index in [1.54, 1.807) is 0 Å². The van der Waals surface area contributed by atoms with Crippen molar-refractivity contribution in [1.29, 1.82) is 0 Å². The van der Waals surface area contributed by atoms with Crippen LogP contribution in [0, 0.1) is 0 Å². The molecule has 2 N–H and O–H groups in total. The van der Waals surface area contributed by atoms with E-state index in [9.17, 15) is 9.59 Å². The molecule has 1 aromatic carbocycles. The summed E-state index contributed by atoms with van der Waals surface area (Å²) < 4.78 is 0. The lowest BCUT2D eigenvalue weighted by atomic mass is 10.1. The van der Waals surface area contributed by atoms with Crippen molar-refractivity contribution in [3.05, 3.63) is 47.7 Å². The van der Waals surface area contributed by atoms with Gasteiger partial charge in [0.1, 0.15) is 5.70 Å². The number of nitrogens with one attached hydrogen (secondary N) is 2. The first kappa shape index (κ1) is 13.3. The molecule has 1 aliphatic heterocycles. The van der Waals surface area contributed by atoms with Gasteiger partial charge in [-0.2, -0.15) is 0 Å². The fourth-order valence-electron chi connectivity index (χ4n) is 1.96. The third kappa shape index (κ3) is 3.95. The molecule has 0 unspecified atom stereocenters. The summed E-state index contributed by atoms with van der Waals surface area (Å²) in [5.74, 6) is -0.233. The second kappa shape index (κ2) is 6.18. The fourth-order valence-corrected chi connectivity index (χ4v) is 1.96. The van der Waals surface area contributed by atoms with Gasteiger partial charge in [0.25, 0.3) is 5.91 Å². The number of ketones is 1. The number of carbonyl (C=O) groups excluding carboxylic acids is 2. The van der Waals surface area contributed by atoms with Crippen molar-refractivity contribution in [2.45, 2.75) is 25.8 Å². The van der Waals surface area contributed by atoms with Crippen molar-refractivity contribution >= 4 is 11.7 Å². The Bertz CT molecular complexity index is 494. The second-order valence-corrected chi connectivity index (χ2v) is 4.77. The molecule has 0 radical (unpaired) electrons. The zero-order chi connectivity index (χ0) is 13.7. The molecule has 1 amide bonds. The predicted molar refractivity (Wildman–Crippen MR) is 73.5 cm³/mol. The zero-order valence-corrected chi connectivity index (χ0v) is 11.0. The Balaban J connectivity index is 1.89. The normalized spacial score (nSPS) is 20.8. The van der Waals surface area contributed by atoms with Crippen LogP contribution in [0.2, 0.25) is 0 Å². The zero-order valence-electron chi connectivity index (χ0n) is 11.0. The number of piperazine rings is 1. The highest BCUT2D eigenvalue weighted by Gasteiger charge is 2.19. The molecular formula is C15H18N2O2. The van der Waals surface area contributed by atoms with Gasteiger partial charge in [-0.15, -0.1) is 0 Å². The van der Waals surface area contributed by atoms with E-state index in [4.69, 9.17) is 0 Å². The van der Waals surface area contributed by atoms with Gasteiger partial charge < -0.3 is 10.6 Å². The summed E-state index contributed by atoms with van der Waals surface area (Å²) in [5.41, 5.74) is 1.50. The molecule has 1 aromatic rings.